The summed E-state index contributed by atoms with van der Waals surface area (Å²) in [5.74, 6) is 0.421. The van der Waals surface area contributed by atoms with Gasteiger partial charge in [0.1, 0.15) is 0 Å². The molecule has 0 aromatic heterocycles. The molecule has 14 heavy (non-hydrogen) atoms. The predicted octanol–water partition coefficient (Wildman–Crippen LogP) is 1.08. The molecule has 1 aliphatic rings. The minimum Gasteiger partial charge on any atom is -0.379 e. The van der Waals surface area contributed by atoms with Gasteiger partial charge in [-0.2, -0.15) is 0 Å². The highest BCUT2D eigenvalue weighted by atomic mass is 16.5. The van der Waals surface area contributed by atoms with E-state index in [2.05, 4.69) is 10.6 Å². The van der Waals surface area contributed by atoms with Crippen LogP contribution in [0.3, 0.4) is 0 Å². The van der Waals surface area contributed by atoms with Crippen molar-refractivity contribution in [2.75, 3.05) is 13.7 Å². The Balaban J connectivity index is 2.18. The number of hydrogen-bond donors (Lipinski definition) is 3. The van der Waals surface area contributed by atoms with Gasteiger partial charge in [0, 0.05) is 19.7 Å². The van der Waals surface area contributed by atoms with E-state index in [0.29, 0.717) is 18.1 Å². The first-order valence-corrected chi connectivity index (χ1v) is 5.40. The molecule has 1 rings (SSSR count). The first kappa shape index (κ1) is 11.3. The fourth-order valence-electron chi connectivity index (χ4n) is 1.89. The zero-order valence-electron chi connectivity index (χ0n) is 9.10. The summed E-state index contributed by atoms with van der Waals surface area (Å²) < 4.78 is 5.57. The lowest BCUT2D eigenvalue weighted by molar-refractivity contribution is 0.0318. The van der Waals surface area contributed by atoms with Gasteiger partial charge in [-0.25, -0.2) is 0 Å². The van der Waals surface area contributed by atoms with Crippen molar-refractivity contribution in [2.24, 2.45) is 0 Å². The normalized spacial score (nSPS) is 27.0. The smallest absolute Gasteiger partial charge is 0.188 e. The van der Waals surface area contributed by atoms with Gasteiger partial charge in [0.25, 0.3) is 0 Å². The molecule has 4 nitrogen and oxygen atoms in total. The van der Waals surface area contributed by atoms with Crippen LogP contribution in [0.25, 0.3) is 0 Å². The molecule has 0 unspecified atom stereocenters. The fraction of sp³-hybridized carbons (Fsp3) is 0.900. The third-order valence-corrected chi connectivity index (χ3v) is 2.68. The van der Waals surface area contributed by atoms with Crippen molar-refractivity contribution < 1.29 is 4.74 Å². The number of rotatable bonds is 3. The maximum Gasteiger partial charge on any atom is 0.188 e. The summed E-state index contributed by atoms with van der Waals surface area (Å²) in [5, 5.41) is 13.4. The van der Waals surface area contributed by atoms with Gasteiger partial charge in [-0.15, -0.1) is 0 Å². The Labute approximate surface area is 85.9 Å². The van der Waals surface area contributed by atoms with Gasteiger partial charge >= 0.3 is 0 Å². The van der Waals surface area contributed by atoms with Crippen LogP contribution in [0.2, 0.25) is 0 Å². The summed E-state index contributed by atoms with van der Waals surface area (Å²) >= 11 is 0. The quantitative estimate of drug-likeness (QED) is 0.471. The van der Waals surface area contributed by atoms with Gasteiger partial charge < -0.3 is 15.4 Å². The molecule has 0 radical (unpaired) electrons. The van der Waals surface area contributed by atoms with Crippen LogP contribution in [0.4, 0.5) is 0 Å². The van der Waals surface area contributed by atoms with E-state index in [0.717, 1.165) is 32.3 Å². The molecular weight excluding hydrogens is 178 g/mol. The number of nitrogens with one attached hydrogen (secondary N) is 3. The summed E-state index contributed by atoms with van der Waals surface area (Å²) in [6.07, 6.45) is 4.89. The molecule has 0 heterocycles. The molecule has 0 amide bonds. The summed E-state index contributed by atoms with van der Waals surface area (Å²) in [6.45, 7) is 2.86. The monoisotopic (exact) mass is 199 g/mol. The maximum atomic E-state index is 7.45. The summed E-state index contributed by atoms with van der Waals surface area (Å²) in [6, 6.07) is 0.451. The standard InChI is InChI=1S/C10H21N3O/c1-3-14-9-6-4-8(5-7-9)13-10(11)12-2/h8-9H,3-7H2,1-2H3,(H3,11,12,13)/t8-,9-. The van der Waals surface area contributed by atoms with Crippen LogP contribution in [-0.4, -0.2) is 31.8 Å². The van der Waals surface area contributed by atoms with E-state index in [1.54, 1.807) is 7.05 Å². The second-order valence-corrected chi connectivity index (χ2v) is 3.70. The van der Waals surface area contributed by atoms with Gasteiger partial charge in [0.05, 0.1) is 6.10 Å². The van der Waals surface area contributed by atoms with Crippen molar-refractivity contribution in [1.29, 1.82) is 5.41 Å². The first-order chi connectivity index (χ1) is 6.76. The van der Waals surface area contributed by atoms with Crippen molar-refractivity contribution in [2.45, 2.75) is 44.8 Å². The Morgan fingerprint density at radius 2 is 2.00 bits per heavy atom. The minimum absolute atomic E-state index is 0.421. The van der Waals surface area contributed by atoms with Crippen LogP contribution in [0, 0.1) is 5.41 Å². The van der Waals surface area contributed by atoms with E-state index < -0.39 is 0 Å². The third-order valence-electron chi connectivity index (χ3n) is 2.68. The Kier molecular flexibility index (Phi) is 4.73. The van der Waals surface area contributed by atoms with Crippen molar-refractivity contribution in [3.05, 3.63) is 0 Å². The summed E-state index contributed by atoms with van der Waals surface area (Å²) in [7, 11) is 1.77. The summed E-state index contributed by atoms with van der Waals surface area (Å²) in [5.41, 5.74) is 0. The van der Waals surface area contributed by atoms with Crippen molar-refractivity contribution >= 4 is 5.96 Å². The van der Waals surface area contributed by atoms with Crippen LogP contribution in [-0.2, 0) is 4.74 Å². The molecule has 1 aliphatic carbocycles. The highest BCUT2D eigenvalue weighted by Gasteiger charge is 2.21. The van der Waals surface area contributed by atoms with Crippen molar-refractivity contribution in [3.63, 3.8) is 0 Å². The average molecular weight is 199 g/mol. The molecule has 0 saturated heterocycles. The summed E-state index contributed by atoms with van der Waals surface area (Å²) in [4.78, 5) is 0. The fourth-order valence-corrected chi connectivity index (χ4v) is 1.89. The Bertz CT molecular complexity index is 176. The van der Waals surface area contributed by atoms with E-state index in [1.807, 2.05) is 6.92 Å². The van der Waals surface area contributed by atoms with Gasteiger partial charge in [0.2, 0.25) is 0 Å². The zero-order chi connectivity index (χ0) is 10.4. The second kappa shape index (κ2) is 5.86. The largest absolute Gasteiger partial charge is 0.379 e. The molecule has 4 heteroatoms. The van der Waals surface area contributed by atoms with Crippen molar-refractivity contribution in [3.8, 4) is 0 Å². The van der Waals surface area contributed by atoms with Crippen LogP contribution in [0.1, 0.15) is 32.6 Å². The Morgan fingerprint density at radius 3 is 2.50 bits per heavy atom. The zero-order valence-corrected chi connectivity index (χ0v) is 9.10. The van der Waals surface area contributed by atoms with E-state index in [-0.39, 0.29) is 0 Å². The van der Waals surface area contributed by atoms with Gasteiger partial charge in [-0.05, 0) is 32.6 Å². The molecule has 0 atom stereocenters. The first-order valence-electron chi connectivity index (χ1n) is 5.40. The van der Waals surface area contributed by atoms with E-state index >= 15 is 0 Å². The molecule has 1 saturated carbocycles. The van der Waals surface area contributed by atoms with Gasteiger partial charge in [-0.3, -0.25) is 5.41 Å². The van der Waals surface area contributed by atoms with Crippen LogP contribution >= 0.6 is 0 Å². The topological polar surface area (TPSA) is 57.1 Å². The number of ether oxygens (including phenoxy) is 1. The molecule has 1 fully saturated rings. The second-order valence-electron chi connectivity index (χ2n) is 3.70. The third kappa shape index (κ3) is 3.54. The lowest BCUT2D eigenvalue weighted by atomic mass is 9.93. The van der Waals surface area contributed by atoms with E-state index in [1.165, 1.54) is 0 Å². The molecule has 82 valence electrons. The number of guanidine groups is 1. The molecular formula is C10H21N3O. The molecule has 0 bridgehead atoms. The lowest BCUT2D eigenvalue weighted by Crippen LogP contribution is -2.43. The molecule has 0 aromatic carbocycles. The highest BCUT2D eigenvalue weighted by molar-refractivity contribution is 5.76. The van der Waals surface area contributed by atoms with Crippen LogP contribution in [0.5, 0.6) is 0 Å². The molecule has 0 spiro atoms. The van der Waals surface area contributed by atoms with E-state index in [4.69, 9.17) is 10.1 Å². The SMILES string of the molecule is CCO[C@H]1CC[C@H](NC(=N)NC)CC1. The Hall–Kier alpha value is -0.770. The molecule has 0 aliphatic heterocycles. The highest BCUT2D eigenvalue weighted by Crippen LogP contribution is 2.20. The number of hydrogen-bond acceptors (Lipinski definition) is 2. The Morgan fingerprint density at radius 1 is 1.36 bits per heavy atom. The molecule has 0 aromatic rings. The van der Waals surface area contributed by atoms with Crippen molar-refractivity contribution in [1.82, 2.24) is 10.6 Å². The average Bonchev–Trinajstić information content (AvgIpc) is 2.21. The van der Waals surface area contributed by atoms with Crippen LogP contribution in [0.15, 0.2) is 0 Å². The van der Waals surface area contributed by atoms with Gasteiger partial charge in [0.15, 0.2) is 5.96 Å². The molecule has 3 N–H and O–H groups in total. The maximum absolute atomic E-state index is 7.45. The minimum atomic E-state index is 0.421. The van der Waals surface area contributed by atoms with E-state index in [9.17, 15) is 0 Å². The predicted molar refractivity (Wildman–Crippen MR) is 57.6 cm³/mol. The van der Waals surface area contributed by atoms with Crippen LogP contribution < -0.4 is 10.6 Å². The lowest BCUT2D eigenvalue weighted by Gasteiger charge is -2.29. The van der Waals surface area contributed by atoms with Gasteiger partial charge in [-0.1, -0.05) is 0 Å².